The van der Waals surface area contributed by atoms with E-state index in [1.54, 1.807) is 12.1 Å². The van der Waals surface area contributed by atoms with Crippen LogP contribution in [0.1, 0.15) is 46.1 Å². The Labute approximate surface area is 117 Å². The average molecular weight is 266 g/mol. The molecule has 0 saturated heterocycles. The van der Waals surface area contributed by atoms with E-state index >= 15 is 0 Å². The molecule has 1 aromatic rings. The van der Waals surface area contributed by atoms with Crippen LogP contribution in [0.4, 0.5) is 10.1 Å². The Hall–Kier alpha value is -1.09. The smallest absolute Gasteiger partial charge is 0.125 e. The van der Waals surface area contributed by atoms with Crippen LogP contribution in [0.5, 0.6) is 0 Å². The minimum absolute atomic E-state index is 0.0297. The summed E-state index contributed by atoms with van der Waals surface area (Å²) >= 11 is 0. The van der Waals surface area contributed by atoms with Crippen molar-refractivity contribution in [3.8, 4) is 0 Å². The SMILES string of the molecule is CCCNCc1cc(F)cc(N(C)C(C)(C)CC)c1. The Bertz CT molecular complexity index is 402. The number of benzene rings is 1. The van der Waals surface area contributed by atoms with Crippen LogP contribution in [0.25, 0.3) is 0 Å². The van der Waals surface area contributed by atoms with E-state index in [1.807, 2.05) is 7.05 Å². The summed E-state index contributed by atoms with van der Waals surface area (Å²) in [6.45, 7) is 10.3. The predicted octanol–water partition coefficient (Wildman–Crippen LogP) is 3.95. The third-order valence-electron chi connectivity index (χ3n) is 3.86. The summed E-state index contributed by atoms with van der Waals surface area (Å²) in [7, 11) is 2.03. The fourth-order valence-corrected chi connectivity index (χ4v) is 1.93. The van der Waals surface area contributed by atoms with Crippen molar-refractivity contribution in [1.29, 1.82) is 0 Å². The first kappa shape index (κ1) is 16.0. The first-order chi connectivity index (χ1) is 8.90. The van der Waals surface area contributed by atoms with Crippen molar-refractivity contribution in [2.24, 2.45) is 0 Å². The molecule has 0 radical (unpaired) electrons. The molecule has 0 unspecified atom stereocenters. The third-order valence-corrected chi connectivity index (χ3v) is 3.86. The number of halogens is 1. The zero-order valence-electron chi connectivity index (χ0n) is 12.9. The van der Waals surface area contributed by atoms with Crippen LogP contribution in [0, 0.1) is 5.82 Å². The quantitative estimate of drug-likeness (QED) is 0.752. The van der Waals surface area contributed by atoms with Gasteiger partial charge in [-0.25, -0.2) is 4.39 Å². The molecule has 0 amide bonds. The molecule has 2 nitrogen and oxygen atoms in total. The Balaban J connectivity index is 2.89. The molecule has 0 aliphatic rings. The van der Waals surface area contributed by atoms with Gasteiger partial charge in [-0.3, -0.25) is 0 Å². The minimum Gasteiger partial charge on any atom is -0.369 e. The lowest BCUT2D eigenvalue weighted by atomic mass is 9.98. The number of hydrogen-bond donors (Lipinski definition) is 1. The molecule has 3 heteroatoms. The monoisotopic (exact) mass is 266 g/mol. The first-order valence-corrected chi connectivity index (χ1v) is 7.14. The molecule has 0 fully saturated rings. The van der Waals surface area contributed by atoms with Crippen LogP contribution in [-0.2, 0) is 6.54 Å². The van der Waals surface area contributed by atoms with E-state index in [2.05, 4.69) is 44.0 Å². The molecule has 19 heavy (non-hydrogen) atoms. The molecule has 0 aliphatic carbocycles. The Morgan fingerprint density at radius 2 is 1.89 bits per heavy atom. The van der Waals surface area contributed by atoms with Gasteiger partial charge in [0.15, 0.2) is 0 Å². The molecule has 1 aromatic carbocycles. The number of rotatable bonds is 7. The molecule has 1 N–H and O–H groups in total. The van der Waals surface area contributed by atoms with E-state index in [0.717, 1.165) is 37.2 Å². The molecule has 0 aliphatic heterocycles. The van der Waals surface area contributed by atoms with E-state index in [-0.39, 0.29) is 11.4 Å². The number of hydrogen-bond acceptors (Lipinski definition) is 2. The van der Waals surface area contributed by atoms with Gasteiger partial charge in [0, 0.05) is 24.8 Å². The highest BCUT2D eigenvalue weighted by atomic mass is 19.1. The Kier molecular flexibility index (Phi) is 5.80. The summed E-state index contributed by atoms with van der Waals surface area (Å²) < 4.78 is 13.7. The van der Waals surface area contributed by atoms with Crippen molar-refractivity contribution in [2.75, 3.05) is 18.5 Å². The second-order valence-corrected chi connectivity index (χ2v) is 5.72. The van der Waals surface area contributed by atoms with Crippen molar-refractivity contribution in [3.63, 3.8) is 0 Å². The van der Waals surface area contributed by atoms with Gasteiger partial charge in [0.05, 0.1) is 0 Å². The second kappa shape index (κ2) is 6.90. The Morgan fingerprint density at radius 1 is 1.21 bits per heavy atom. The van der Waals surface area contributed by atoms with Crippen molar-refractivity contribution >= 4 is 5.69 Å². The van der Waals surface area contributed by atoms with E-state index in [9.17, 15) is 4.39 Å². The third kappa shape index (κ3) is 4.50. The average Bonchev–Trinajstić information content (AvgIpc) is 2.37. The van der Waals surface area contributed by atoms with Crippen LogP contribution >= 0.6 is 0 Å². The lowest BCUT2D eigenvalue weighted by Crippen LogP contribution is -2.40. The molecular weight excluding hydrogens is 239 g/mol. The molecule has 0 bridgehead atoms. The highest BCUT2D eigenvalue weighted by Gasteiger charge is 2.22. The molecule has 1 rings (SSSR count). The van der Waals surface area contributed by atoms with Gasteiger partial charge in [0.25, 0.3) is 0 Å². The van der Waals surface area contributed by atoms with Gasteiger partial charge < -0.3 is 10.2 Å². The molecule has 0 aromatic heterocycles. The van der Waals surface area contributed by atoms with Crippen LogP contribution in [0.2, 0.25) is 0 Å². The summed E-state index contributed by atoms with van der Waals surface area (Å²) in [5, 5.41) is 3.31. The normalized spacial score (nSPS) is 11.7. The molecule has 108 valence electrons. The highest BCUT2D eigenvalue weighted by molar-refractivity contribution is 5.50. The summed E-state index contributed by atoms with van der Waals surface area (Å²) in [4.78, 5) is 2.15. The summed E-state index contributed by atoms with van der Waals surface area (Å²) in [6.07, 6.45) is 2.11. The van der Waals surface area contributed by atoms with Gasteiger partial charge in [-0.05, 0) is 57.0 Å². The molecular formula is C16H27FN2. The van der Waals surface area contributed by atoms with Crippen molar-refractivity contribution in [3.05, 3.63) is 29.6 Å². The standard InChI is InChI=1S/C16H27FN2/c1-6-8-18-12-13-9-14(17)11-15(10-13)19(5)16(3,4)7-2/h9-11,18H,6-8,12H2,1-5H3. The minimum atomic E-state index is -0.162. The van der Waals surface area contributed by atoms with Gasteiger partial charge in [-0.2, -0.15) is 0 Å². The van der Waals surface area contributed by atoms with E-state index in [1.165, 1.54) is 0 Å². The fraction of sp³-hybridized carbons (Fsp3) is 0.625. The van der Waals surface area contributed by atoms with E-state index in [0.29, 0.717) is 0 Å². The topological polar surface area (TPSA) is 15.3 Å². The van der Waals surface area contributed by atoms with Crippen LogP contribution < -0.4 is 10.2 Å². The largest absolute Gasteiger partial charge is 0.369 e. The van der Waals surface area contributed by atoms with Crippen molar-refractivity contribution in [2.45, 2.75) is 52.6 Å². The molecule has 0 saturated carbocycles. The molecule has 0 atom stereocenters. The zero-order valence-corrected chi connectivity index (χ0v) is 12.9. The highest BCUT2D eigenvalue weighted by Crippen LogP contribution is 2.26. The maximum atomic E-state index is 13.7. The van der Waals surface area contributed by atoms with Gasteiger partial charge in [0.1, 0.15) is 5.82 Å². The fourth-order valence-electron chi connectivity index (χ4n) is 1.93. The first-order valence-electron chi connectivity index (χ1n) is 7.14. The number of anilines is 1. The zero-order chi connectivity index (χ0) is 14.5. The van der Waals surface area contributed by atoms with E-state index in [4.69, 9.17) is 0 Å². The Morgan fingerprint density at radius 3 is 2.47 bits per heavy atom. The summed E-state index contributed by atoms with van der Waals surface area (Å²) in [5.41, 5.74) is 1.98. The molecule has 0 heterocycles. The van der Waals surface area contributed by atoms with Gasteiger partial charge in [-0.15, -0.1) is 0 Å². The van der Waals surface area contributed by atoms with Gasteiger partial charge in [0.2, 0.25) is 0 Å². The van der Waals surface area contributed by atoms with Crippen molar-refractivity contribution in [1.82, 2.24) is 5.32 Å². The maximum Gasteiger partial charge on any atom is 0.125 e. The van der Waals surface area contributed by atoms with Crippen LogP contribution in [-0.4, -0.2) is 19.1 Å². The number of nitrogens with one attached hydrogen (secondary N) is 1. The lowest BCUT2D eigenvalue weighted by Gasteiger charge is -2.37. The number of nitrogens with zero attached hydrogens (tertiary/aromatic N) is 1. The van der Waals surface area contributed by atoms with Crippen LogP contribution in [0.15, 0.2) is 18.2 Å². The van der Waals surface area contributed by atoms with Gasteiger partial charge in [-0.1, -0.05) is 13.8 Å². The summed E-state index contributed by atoms with van der Waals surface area (Å²) in [6, 6.07) is 5.29. The maximum absolute atomic E-state index is 13.7. The predicted molar refractivity (Wildman–Crippen MR) is 81.2 cm³/mol. The molecule has 0 spiro atoms. The summed E-state index contributed by atoms with van der Waals surface area (Å²) in [5.74, 6) is -0.162. The second-order valence-electron chi connectivity index (χ2n) is 5.72. The van der Waals surface area contributed by atoms with Crippen molar-refractivity contribution < 1.29 is 4.39 Å². The van der Waals surface area contributed by atoms with E-state index < -0.39 is 0 Å². The van der Waals surface area contributed by atoms with Gasteiger partial charge >= 0.3 is 0 Å². The van der Waals surface area contributed by atoms with Crippen LogP contribution in [0.3, 0.4) is 0 Å². The lowest BCUT2D eigenvalue weighted by molar-refractivity contribution is 0.469.